The van der Waals surface area contributed by atoms with Crippen molar-refractivity contribution in [3.05, 3.63) is 72.6 Å². The average molecular weight is 310 g/mol. The van der Waals surface area contributed by atoms with Crippen LogP contribution in [0, 0.1) is 6.92 Å². The molecule has 3 heteroatoms. The Morgan fingerprint density at radius 1 is 0.792 bits per heavy atom. The van der Waals surface area contributed by atoms with E-state index in [1.807, 2.05) is 48.8 Å². The number of pyridine rings is 2. The van der Waals surface area contributed by atoms with Gasteiger partial charge in [0, 0.05) is 34.1 Å². The van der Waals surface area contributed by atoms with E-state index < -0.39 is 0 Å². The van der Waals surface area contributed by atoms with Crippen LogP contribution in [-0.2, 0) is 0 Å². The number of aromatic nitrogens is 2. The Bertz CT molecular complexity index is 1210. The summed E-state index contributed by atoms with van der Waals surface area (Å²) in [5.41, 5.74) is 5.90. The van der Waals surface area contributed by atoms with Crippen molar-refractivity contribution in [3.63, 3.8) is 0 Å². The lowest BCUT2D eigenvalue weighted by Crippen LogP contribution is -1.87. The molecule has 0 unspecified atom stereocenters. The first kappa shape index (κ1) is 13.3. The summed E-state index contributed by atoms with van der Waals surface area (Å²) in [4.78, 5) is 8.98. The number of benzene rings is 2. The maximum atomic E-state index is 6.26. The van der Waals surface area contributed by atoms with Gasteiger partial charge in [-0.3, -0.25) is 9.97 Å². The number of nitrogens with zero attached hydrogens (tertiary/aromatic N) is 2. The molecule has 0 atom stereocenters. The minimum atomic E-state index is 0.883. The molecule has 3 aromatic heterocycles. The van der Waals surface area contributed by atoms with E-state index in [0.29, 0.717) is 0 Å². The standard InChI is InChI=1S/C21H14N2O/c1-13-7-8-15-20-14-5-4-12-22-16(14)9-10-18(20)24-21(15)19(13)17-6-2-3-11-23-17/h2-12H,1H3. The van der Waals surface area contributed by atoms with Gasteiger partial charge in [0.15, 0.2) is 0 Å². The van der Waals surface area contributed by atoms with Crippen molar-refractivity contribution >= 4 is 32.8 Å². The summed E-state index contributed by atoms with van der Waals surface area (Å²) in [5.74, 6) is 0. The van der Waals surface area contributed by atoms with Crippen molar-refractivity contribution in [1.82, 2.24) is 9.97 Å². The molecule has 0 aliphatic heterocycles. The summed E-state index contributed by atoms with van der Waals surface area (Å²) >= 11 is 0. The Morgan fingerprint density at radius 3 is 2.58 bits per heavy atom. The minimum absolute atomic E-state index is 0.883. The molecule has 0 saturated carbocycles. The Labute approximate surface area is 138 Å². The lowest BCUT2D eigenvalue weighted by molar-refractivity contribution is 0.669. The Balaban J connectivity index is 1.99. The van der Waals surface area contributed by atoms with Gasteiger partial charge in [-0.05, 0) is 42.8 Å². The maximum Gasteiger partial charge on any atom is 0.145 e. The van der Waals surface area contributed by atoms with E-state index >= 15 is 0 Å². The van der Waals surface area contributed by atoms with Crippen LogP contribution in [0.5, 0.6) is 0 Å². The summed E-state index contributed by atoms with van der Waals surface area (Å²) in [6.45, 7) is 2.09. The number of fused-ring (bicyclic) bond motifs is 5. The fourth-order valence-electron chi connectivity index (χ4n) is 3.42. The van der Waals surface area contributed by atoms with E-state index in [1.54, 1.807) is 0 Å². The predicted octanol–water partition coefficient (Wildman–Crippen LogP) is 5.50. The molecule has 0 aliphatic carbocycles. The summed E-state index contributed by atoms with van der Waals surface area (Å²) in [6.07, 6.45) is 3.63. The van der Waals surface area contributed by atoms with Gasteiger partial charge in [-0.15, -0.1) is 0 Å². The monoisotopic (exact) mass is 310 g/mol. The van der Waals surface area contributed by atoms with E-state index in [9.17, 15) is 0 Å². The Hall–Kier alpha value is -3.20. The molecule has 0 amide bonds. The molecule has 0 N–H and O–H groups in total. The number of hydrogen-bond donors (Lipinski definition) is 0. The van der Waals surface area contributed by atoms with Crippen molar-refractivity contribution in [1.29, 1.82) is 0 Å². The highest BCUT2D eigenvalue weighted by molar-refractivity contribution is 6.20. The van der Waals surface area contributed by atoms with Gasteiger partial charge >= 0.3 is 0 Å². The molecule has 3 nitrogen and oxygen atoms in total. The van der Waals surface area contributed by atoms with E-state index in [-0.39, 0.29) is 0 Å². The van der Waals surface area contributed by atoms with Gasteiger partial charge in [0.2, 0.25) is 0 Å². The van der Waals surface area contributed by atoms with Gasteiger partial charge in [0.1, 0.15) is 11.2 Å². The quantitative estimate of drug-likeness (QED) is 0.410. The van der Waals surface area contributed by atoms with Crippen LogP contribution in [0.4, 0.5) is 0 Å². The highest BCUT2D eigenvalue weighted by atomic mass is 16.3. The third kappa shape index (κ3) is 1.78. The topological polar surface area (TPSA) is 38.9 Å². The molecule has 0 radical (unpaired) electrons. The van der Waals surface area contributed by atoms with E-state index in [0.717, 1.165) is 49.7 Å². The molecule has 5 rings (SSSR count). The van der Waals surface area contributed by atoms with Gasteiger partial charge < -0.3 is 4.42 Å². The summed E-state index contributed by atoms with van der Waals surface area (Å²) in [7, 11) is 0. The summed E-state index contributed by atoms with van der Waals surface area (Å²) in [6, 6.07) is 18.3. The molecule has 0 spiro atoms. The van der Waals surface area contributed by atoms with Crippen LogP contribution in [0.2, 0.25) is 0 Å². The van der Waals surface area contributed by atoms with Crippen molar-refractivity contribution in [3.8, 4) is 11.3 Å². The fraction of sp³-hybridized carbons (Fsp3) is 0.0476. The van der Waals surface area contributed by atoms with Crippen LogP contribution in [-0.4, -0.2) is 9.97 Å². The third-order valence-corrected chi connectivity index (χ3v) is 4.52. The van der Waals surface area contributed by atoms with E-state index in [1.165, 1.54) is 0 Å². The average Bonchev–Trinajstić information content (AvgIpc) is 3.01. The first-order chi connectivity index (χ1) is 11.8. The lowest BCUT2D eigenvalue weighted by Gasteiger charge is -2.05. The van der Waals surface area contributed by atoms with Crippen molar-refractivity contribution in [2.75, 3.05) is 0 Å². The number of furan rings is 1. The minimum Gasteiger partial charge on any atom is -0.455 e. The zero-order chi connectivity index (χ0) is 16.1. The van der Waals surface area contributed by atoms with Gasteiger partial charge in [-0.1, -0.05) is 24.3 Å². The van der Waals surface area contributed by atoms with Crippen molar-refractivity contribution < 1.29 is 4.42 Å². The van der Waals surface area contributed by atoms with Crippen LogP contribution in [0.15, 0.2) is 71.4 Å². The molecule has 0 saturated heterocycles. The van der Waals surface area contributed by atoms with Crippen LogP contribution >= 0.6 is 0 Å². The fourth-order valence-corrected chi connectivity index (χ4v) is 3.42. The maximum absolute atomic E-state index is 6.26. The first-order valence-electron chi connectivity index (χ1n) is 7.94. The smallest absolute Gasteiger partial charge is 0.145 e. The molecule has 5 aromatic rings. The number of rotatable bonds is 1. The van der Waals surface area contributed by atoms with Crippen LogP contribution in [0.25, 0.3) is 44.1 Å². The molecule has 24 heavy (non-hydrogen) atoms. The molecular weight excluding hydrogens is 296 g/mol. The Kier molecular flexibility index (Phi) is 2.71. The lowest BCUT2D eigenvalue weighted by atomic mass is 10.00. The van der Waals surface area contributed by atoms with Gasteiger partial charge in [0.05, 0.1) is 11.2 Å². The van der Waals surface area contributed by atoms with E-state index in [4.69, 9.17) is 4.42 Å². The molecule has 0 bridgehead atoms. The van der Waals surface area contributed by atoms with E-state index in [2.05, 4.69) is 35.1 Å². The predicted molar refractivity (Wildman–Crippen MR) is 97.0 cm³/mol. The van der Waals surface area contributed by atoms with Gasteiger partial charge in [0.25, 0.3) is 0 Å². The molecule has 114 valence electrons. The second kappa shape index (κ2) is 4.90. The SMILES string of the molecule is Cc1ccc2c(oc3ccc4ncccc4c32)c1-c1ccccn1. The summed E-state index contributed by atoms with van der Waals surface area (Å²) < 4.78 is 6.26. The first-order valence-corrected chi connectivity index (χ1v) is 7.94. The highest BCUT2D eigenvalue weighted by Crippen LogP contribution is 2.39. The van der Waals surface area contributed by atoms with Crippen LogP contribution < -0.4 is 0 Å². The second-order valence-corrected chi connectivity index (χ2v) is 5.96. The third-order valence-electron chi connectivity index (χ3n) is 4.52. The van der Waals surface area contributed by atoms with Crippen LogP contribution in [0.3, 0.4) is 0 Å². The molecule has 0 aliphatic rings. The van der Waals surface area contributed by atoms with Crippen molar-refractivity contribution in [2.24, 2.45) is 0 Å². The molecule has 0 fully saturated rings. The normalized spacial score (nSPS) is 11.5. The number of aryl methyl sites for hydroxylation is 1. The molecule has 3 heterocycles. The largest absolute Gasteiger partial charge is 0.455 e. The van der Waals surface area contributed by atoms with Crippen molar-refractivity contribution in [2.45, 2.75) is 6.92 Å². The zero-order valence-electron chi connectivity index (χ0n) is 13.2. The number of hydrogen-bond acceptors (Lipinski definition) is 3. The van der Waals surface area contributed by atoms with Gasteiger partial charge in [-0.2, -0.15) is 0 Å². The second-order valence-electron chi connectivity index (χ2n) is 5.96. The Morgan fingerprint density at radius 2 is 1.71 bits per heavy atom. The summed E-state index contributed by atoms with van der Waals surface area (Å²) in [5, 5.41) is 3.34. The van der Waals surface area contributed by atoms with Crippen LogP contribution in [0.1, 0.15) is 5.56 Å². The van der Waals surface area contributed by atoms with Gasteiger partial charge in [-0.25, -0.2) is 0 Å². The highest BCUT2D eigenvalue weighted by Gasteiger charge is 2.16. The zero-order valence-corrected chi connectivity index (χ0v) is 13.2. The molecular formula is C21H14N2O. The molecule has 2 aromatic carbocycles.